The lowest BCUT2D eigenvalue weighted by Crippen LogP contribution is -2.31. The normalized spacial score (nSPS) is 12.7. The van der Waals surface area contributed by atoms with Crippen LogP contribution in [0.3, 0.4) is 0 Å². The lowest BCUT2D eigenvalue weighted by Gasteiger charge is -2.25. The number of fused-ring (bicyclic) bond motifs is 1. The molecule has 0 atom stereocenters. The number of benzene rings is 1. The molecule has 0 unspecified atom stereocenters. The summed E-state index contributed by atoms with van der Waals surface area (Å²) >= 11 is 1.68. The zero-order valence-corrected chi connectivity index (χ0v) is 15.2. The number of aromatic nitrogens is 1. The summed E-state index contributed by atoms with van der Waals surface area (Å²) in [5, 5.41) is 0. The lowest BCUT2D eigenvalue weighted by atomic mass is 10.2. The molecule has 5 nitrogen and oxygen atoms in total. The van der Waals surface area contributed by atoms with Crippen molar-refractivity contribution in [3.63, 3.8) is 0 Å². The van der Waals surface area contributed by atoms with E-state index in [9.17, 15) is 4.79 Å². The van der Waals surface area contributed by atoms with Gasteiger partial charge in [-0.3, -0.25) is 9.78 Å². The van der Waals surface area contributed by atoms with Crippen molar-refractivity contribution in [3.05, 3.63) is 70.2 Å². The van der Waals surface area contributed by atoms with Gasteiger partial charge in [-0.15, -0.1) is 11.3 Å². The minimum absolute atomic E-state index is 0.145. The van der Waals surface area contributed by atoms with Crippen LogP contribution in [-0.4, -0.2) is 24.1 Å². The maximum atomic E-state index is 13.1. The van der Waals surface area contributed by atoms with Crippen molar-refractivity contribution in [2.24, 2.45) is 0 Å². The summed E-state index contributed by atoms with van der Waals surface area (Å²) in [5.41, 5.74) is 1.17. The summed E-state index contributed by atoms with van der Waals surface area (Å²) in [6.45, 7) is 3.59. The van der Waals surface area contributed by atoms with Crippen molar-refractivity contribution in [2.75, 3.05) is 18.1 Å². The summed E-state index contributed by atoms with van der Waals surface area (Å²) in [5.74, 6) is 1.22. The minimum atomic E-state index is -0.145. The van der Waals surface area contributed by atoms with Crippen molar-refractivity contribution in [2.45, 2.75) is 13.5 Å². The molecule has 132 valence electrons. The molecule has 0 saturated carbocycles. The molecule has 2 aromatic heterocycles. The maximum absolute atomic E-state index is 13.1. The van der Waals surface area contributed by atoms with Crippen LogP contribution in [0, 0.1) is 6.92 Å². The third-order valence-electron chi connectivity index (χ3n) is 4.08. The first-order valence-corrected chi connectivity index (χ1v) is 9.20. The molecule has 0 aliphatic carbocycles. The number of anilines is 1. The molecule has 0 fully saturated rings. The van der Waals surface area contributed by atoms with Gasteiger partial charge >= 0.3 is 0 Å². The fraction of sp³-hybridized carbons (Fsp3) is 0.200. The van der Waals surface area contributed by atoms with Gasteiger partial charge < -0.3 is 14.4 Å². The van der Waals surface area contributed by atoms with Crippen molar-refractivity contribution in [1.29, 1.82) is 0 Å². The average Bonchev–Trinajstić information content (AvgIpc) is 3.11. The van der Waals surface area contributed by atoms with E-state index in [0.717, 1.165) is 10.6 Å². The van der Waals surface area contributed by atoms with Crippen LogP contribution in [0.2, 0.25) is 0 Å². The lowest BCUT2D eigenvalue weighted by molar-refractivity contribution is 0.0980. The van der Waals surface area contributed by atoms with Gasteiger partial charge in [-0.2, -0.15) is 0 Å². The molecule has 1 amide bonds. The van der Waals surface area contributed by atoms with Crippen molar-refractivity contribution < 1.29 is 14.3 Å². The fourth-order valence-electron chi connectivity index (χ4n) is 2.83. The molecule has 0 bridgehead atoms. The van der Waals surface area contributed by atoms with E-state index in [0.29, 0.717) is 37.0 Å². The number of carbonyl (C=O) groups excluding carboxylic acids is 1. The number of nitrogens with zero attached hydrogens (tertiary/aromatic N) is 2. The molecule has 3 heterocycles. The SMILES string of the molecule is Cc1ccc(CN(C(=O)c2ccccn2)c2ccc3c(c2)OCCO3)s1. The largest absolute Gasteiger partial charge is 0.486 e. The van der Waals surface area contributed by atoms with E-state index >= 15 is 0 Å². The smallest absolute Gasteiger partial charge is 0.277 e. The zero-order valence-electron chi connectivity index (χ0n) is 14.3. The maximum Gasteiger partial charge on any atom is 0.277 e. The summed E-state index contributed by atoms with van der Waals surface area (Å²) in [4.78, 5) is 21.4. The Kier molecular flexibility index (Phi) is 4.58. The zero-order chi connectivity index (χ0) is 17.9. The number of aryl methyl sites for hydroxylation is 1. The Bertz CT molecular complexity index is 924. The van der Waals surface area contributed by atoms with E-state index in [4.69, 9.17) is 9.47 Å². The molecule has 1 aliphatic heterocycles. The summed E-state index contributed by atoms with van der Waals surface area (Å²) < 4.78 is 11.3. The van der Waals surface area contributed by atoms with Gasteiger partial charge in [0.15, 0.2) is 11.5 Å². The van der Waals surface area contributed by atoms with Crippen LogP contribution in [0.25, 0.3) is 0 Å². The Morgan fingerprint density at radius 1 is 1.12 bits per heavy atom. The van der Waals surface area contributed by atoms with Crippen LogP contribution >= 0.6 is 11.3 Å². The molecule has 6 heteroatoms. The van der Waals surface area contributed by atoms with E-state index in [1.54, 1.807) is 34.6 Å². The number of rotatable bonds is 4. The van der Waals surface area contributed by atoms with Gasteiger partial charge in [0.05, 0.1) is 6.54 Å². The van der Waals surface area contributed by atoms with Gasteiger partial charge in [-0.25, -0.2) is 0 Å². The number of ether oxygens (including phenoxy) is 2. The topological polar surface area (TPSA) is 51.7 Å². The van der Waals surface area contributed by atoms with Crippen LogP contribution in [-0.2, 0) is 6.54 Å². The molecular weight excluding hydrogens is 348 g/mol. The number of amides is 1. The number of hydrogen-bond donors (Lipinski definition) is 0. The number of carbonyl (C=O) groups is 1. The molecule has 0 N–H and O–H groups in total. The Hall–Kier alpha value is -2.86. The molecule has 1 aliphatic rings. The standard InChI is InChI=1S/C20H18N2O3S/c1-14-5-7-16(26-14)13-22(20(23)17-4-2-3-9-21-17)15-6-8-18-19(12-15)25-11-10-24-18/h2-9,12H,10-11,13H2,1H3. The van der Waals surface area contributed by atoms with Crippen molar-refractivity contribution in [3.8, 4) is 11.5 Å². The highest BCUT2D eigenvalue weighted by atomic mass is 32.1. The van der Waals surface area contributed by atoms with Crippen LogP contribution in [0.1, 0.15) is 20.2 Å². The second-order valence-electron chi connectivity index (χ2n) is 5.95. The molecule has 0 saturated heterocycles. The van der Waals surface area contributed by atoms with E-state index < -0.39 is 0 Å². The van der Waals surface area contributed by atoms with Crippen molar-refractivity contribution >= 4 is 22.9 Å². The van der Waals surface area contributed by atoms with E-state index in [1.165, 1.54) is 4.88 Å². The number of hydrogen-bond acceptors (Lipinski definition) is 5. The average molecular weight is 366 g/mol. The van der Waals surface area contributed by atoms with Gasteiger partial charge in [0.1, 0.15) is 18.9 Å². The minimum Gasteiger partial charge on any atom is -0.486 e. The number of pyridine rings is 1. The fourth-order valence-corrected chi connectivity index (χ4v) is 3.71. The van der Waals surface area contributed by atoms with Gasteiger partial charge in [-0.1, -0.05) is 6.07 Å². The van der Waals surface area contributed by atoms with Crippen LogP contribution in [0.15, 0.2) is 54.7 Å². The van der Waals surface area contributed by atoms with Crippen LogP contribution < -0.4 is 14.4 Å². The Labute approximate surface area is 155 Å². The summed E-state index contributed by atoms with van der Waals surface area (Å²) in [6, 6.07) is 15.1. The van der Waals surface area contributed by atoms with Crippen molar-refractivity contribution in [1.82, 2.24) is 4.98 Å². The molecule has 4 rings (SSSR count). The first-order chi connectivity index (χ1) is 12.7. The van der Waals surface area contributed by atoms with Gasteiger partial charge in [-0.05, 0) is 43.3 Å². The molecule has 26 heavy (non-hydrogen) atoms. The monoisotopic (exact) mass is 366 g/mol. The highest BCUT2D eigenvalue weighted by molar-refractivity contribution is 7.11. The predicted octanol–water partition coefficient (Wildman–Crippen LogP) is 4.07. The predicted molar refractivity (Wildman–Crippen MR) is 101 cm³/mol. The molecular formula is C20H18N2O3S. The molecule has 0 radical (unpaired) electrons. The first kappa shape index (κ1) is 16.6. The van der Waals surface area contributed by atoms with Gasteiger partial charge in [0.25, 0.3) is 5.91 Å². The Morgan fingerprint density at radius 3 is 2.69 bits per heavy atom. The second kappa shape index (κ2) is 7.17. The molecule has 1 aromatic carbocycles. The third-order valence-corrected chi connectivity index (χ3v) is 5.06. The summed E-state index contributed by atoms with van der Waals surface area (Å²) in [6.07, 6.45) is 1.63. The Morgan fingerprint density at radius 2 is 1.96 bits per heavy atom. The third kappa shape index (κ3) is 3.41. The molecule has 3 aromatic rings. The highest BCUT2D eigenvalue weighted by Gasteiger charge is 2.22. The van der Waals surface area contributed by atoms with Gasteiger partial charge in [0.2, 0.25) is 0 Å². The van der Waals surface area contributed by atoms with Gasteiger partial charge in [0, 0.05) is 27.7 Å². The Balaban J connectivity index is 1.71. The van der Waals surface area contributed by atoms with Crippen LogP contribution in [0.5, 0.6) is 11.5 Å². The van der Waals surface area contributed by atoms with E-state index in [1.807, 2.05) is 24.3 Å². The number of thiophene rings is 1. The quantitative estimate of drug-likeness (QED) is 0.698. The first-order valence-electron chi connectivity index (χ1n) is 8.38. The van der Waals surface area contributed by atoms with Crippen LogP contribution in [0.4, 0.5) is 5.69 Å². The van der Waals surface area contributed by atoms with E-state index in [-0.39, 0.29) is 5.91 Å². The second-order valence-corrected chi connectivity index (χ2v) is 7.32. The summed E-state index contributed by atoms with van der Waals surface area (Å²) in [7, 11) is 0. The highest BCUT2D eigenvalue weighted by Crippen LogP contribution is 2.35. The molecule has 0 spiro atoms. The van der Waals surface area contributed by atoms with E-state index in [2.05, 4.69) is 24.0 Å².